The second-order valence-corrected chi connectivity index (χ2v) is 8.00. The van der Waals surface area contributed by atoms with E-state index in [4.69, 9.17) is 5.73 Å². The lowest BCUT2D eigenvalue weighted by Crippen LogP contribution is -2.59. The Hall–Kier alpha value is -0.120. The van der Waals surface area contributed by atoms with Crippen LogP contribution in [0.3, 0.4) is 0 Å². The number of nitrogens with zero attached hydrogens (tertiary/aromatic N) is 2. The van der Waals surface area contributed by atoms with Crippen LogP contribution in [0.1, 0.15) is 64.7 Å². The van der Waals surface area contributed by atoms with Crippen molar-refractivity contribution in [1.29, 1.82) is 0 Å². The molecule has 3 aliphatic rings. The fourth-order valence-electron chi connectivity index (χ4n) is 4.96. The van der Waals surface area contributed by atoms with Gasteiger partial charge in [-0.25, -0.2) is 0 Å². The minimum absolute atomic E-state index is 0.474. The van der Waals surface area contributed by atoms with Crippen molar-refractivity contribution in [1.82, 2.24) is 9.80 Å². The molecule has 2 aliphatic heterocycles. The lowest BCUT2D eigenvalue weighted by Gasteiger charge is -2.48. The molecule has 3 rings (SSSR count). The van der Waals surface area contributed by atoms with Gasteiger partial charge in [0.05, 0.1) is 0 Å². The highest BCUT2D eigenvalue weighted by molar-refractivity contribution is 4.91. The first-order valence-electron chi connectivity index (χ1n) is 9.41. The number of piperidine rings is 1. The Labute approximate surface area is 131 Å². The molecule has 2 saturated heterocycles. The van der Waals surface area contributed by atoms with E-state index in [0.717, 1.165) is 18.6 Å². The third-order valence-corrected chi connectivity index (χ3v) is 6.59. The van der Waals surface area contributed by atoms with Gasteiger partial charge in [0.15, 0.2) is 0 Å². The molecule has 0 bridgehead atoms. The summed E-state index contributed by atoms with van der Waals surface area (Å²) in [6.45, 7) is 8.56. The van der Waals surface area contributed by atoms with Gasteiger partial charge in [-0.1, -0.05) is 25.7 Å². The molecule has 0 aromatic heterocycles. The normalized spacial score (nSPS) is 34.6. The van der Waals surface area contributed by atoms with Gasteiger partial charge >= 0.3 is 0 Å². The Morgan fingerprint density at radius 2 is 1.86 bits per heavy atom. The first-order chi connectivity index (χ1) is 10.2. The van der Waals surface area contributed by atoms with Gasteiger partial charge in [0.25, 0.3) is 0 Å². The summed E-state index contributed by atoms with van der Waals surface area (Å²) in [5.41, 5.74) is 6.64. The molecule has 3 heteroatoms. The molecular weight excluding hydrogens is 258 g/mol. The van der Waals surface area contributed by atoms with Crippen molar-refractivity contribution in [2.45, 2.75) is 76.8 Å². The maximum atomic E-state index is 6.17. The molecule has 2 atom stereocenters. The Balaban J connectivity index is 1.54. The highest BCUT2D eigenvalue weighted by Crippen LogP contribution is 2.39. The molecule has 3 nitrogen and oxygen atoms in total. The smallest absolute Gasteiger partial charge is 0.0223 e. The number of rotatable bonds is 4. The zero-order chi connectivity index (χ0) is 14.7. The standard InChI is InChI=1S/C18H35N3/c1-16-13-21-11-6-3-7-17(21)14-20(16)12-10-18(15-19)8-4-2-5-9-18/h16-17H,2-15,19H2,1H3. The molecule has 0 spiro atoms. The van der Waals surface area contributed by atoms with E-state index in [1.165, 1.54) is 84.0 Å². The fraction of sp³-hybridized carbons (Fsp3) is 1.00. The molecule has 3 fully saturated rings. The molecule has 1 aliphatic carbocycles. The lowest BCUT2D eigenvalue weighted by atomic mass is 9.71. The van der Waals surface area contributed by atoms with Crippen LogP contribution in [0.15, 0.2) is 0 Å². The molecule has 21 heavy (non-hydrogen) atoms. The summed E-state index contributed by atoms with van der Waals surface area (Å²) in [5, 5.41) is 0. The summed E-state index contributed by atoms with van der Waals surface area (Å²) < 4.78 is 0. The van der Waals surface area contributed by atoms with E-state index in [0.29, 0.717) is 5.41 Å². The van der Waals surface area contributed by atoms with Crippen LogP contribution < -0.4 is 5.73 Å². The third kappa shape index (κ3) is 3.62. The molecule has 122 valence electrons. The Morgan fingerprint density at radius 1 is 1.05 bits per heavy atom. The maximum Gasteiger partial charge on any atom is 0.0223 e. The number of fused-ring (bicyclic) bond motifs is 1. The second-order valence-electron chi connectivity index (χ2n) is 8.00. The van der Waals surface area contributed by atoms with Crippen LogP contribution in [0.4, 0.5) is 0 Å². The first kappa shape index (κ1) is 15.8. The van der Waals surface area contributed by atoms with Crippen molar-refractivity contribution in [2.24, 2.45) is 11.1 Å². The largest absolute Gasteiger partial charge is 0.330 e. The molecule has 1 saturated carbocycles. The van der Waals surface area contributed by atoms with Crippen molar-refractivity contribution in [2.75, 3.05) is 32.7 Å². The zero-order valence-corrected chi connectivity index (χ0v) is 14.0. The topological polar surface area (TPSA) is 32.5 Å². The molecule has 0 amide bonds. The Bertz CT molecular complexity index is 324. The number of piperazine rings is 1. The average Bonchev–Trinajstić information content (AvgIpc) is 2.54. The number of hydrogen-bond donors (Lipinski definition) is 1. The van der Waals surface area contributed by atoms with Gasteiger partial charge in [-0.05, 0) is 64.1 Å². The predicted molar refractivity (Wildman–Crippen MR) is 89.4 cm³/mol. The predicted octanol–water partition coefficient (Wildman–Crippen LogP) is 2.84. The third-order valence-electron chi connectivity index (χ3n) is 6.59. The molecular formula is C18H35N3. The van der Waals surface area contributed by atoms with Crippen LogP contribution in [-0.4, -0.2) is 54.6 Å². The molecule has 0 aromatic rings. The van der Waals surface area contributed by atoms with Crippen LogP contribution in [-0.2, 0) is 0 Å². The van der Waals surface area contributed by atoms with Gasteiger partial charge in [-0.2, -0.15) is 0 Å². The maximum absolute atomic E-state index is 6.17. The van der Waals surface area contributed by atoms with Crippen molar-refractivity contribution in [3.05, 3.63) is 0 Å². The lowest BCUT2D eigenvalue weighted by molar-refractivity contribution is 0.00642. The minimum atomic E-state index is 0.474. The number of nitrogens with two attached hydrogens (primary N) is 1. The summed E-state index contributed by atoms with van der Waals surface area (Å²) in [4.78, 5) is 5.53. The van der Waals surface area contributed by atoms with E-state index >= 15 is 0 Å². The van der Waals surface area contributed by atoms with Crippen molar-refractivity contribution >= 4 is 0 Å². The van der Waals surface area contributed by atoms with Gasteiger partial charge in [0.2, 0.25) is 0 Å². The highest BCUT2D eigenvalue weighted by Gasteiger charge is 2.35. The molecule has 2 N–H and O–H groups in total. The van der Waals surface area contributed by atoms with E-state index in [1.807, 2.05) is 0 Å². The van der Waals surface area contributed by atoms with E-state index < -0.39 is 0 Å². The molecule has 2 unspecified atom stereocenters. The second kappa shape index (κ2) is 6.97. The Kier molecular flexibility index (Phi) is 5.23. The quantitative estimate of drug-likeness (QED) is 0.865. The summed E-state index contributed by atoms with van der Waals surface area (Å²) in [6.07, 6.45) is 12.6. The van der Waals surface area contributed by atoms with Crippen molar-refractivity contribution < 1.29 is 0 Å². The van der Waals surface area contributed by atoms with Crippen molar-refractivity contribution in [3.8, 4) is 0 Å². The monoisotopic (exact) mass is 293 g/mol. The van der Waals surface area contributed by atoms with Crippen LogP contribution in [0.2, 0.25) is 0 Å². The Morgan fingerprint density at radius 3 is 2.62 bits per heavy atom. The van der Waals surface area contributed by atoms with Crippen LogP contribution in [0, 0.1) is 5.41 Å². The zero-order valence-electron chi connectivity index (χ0n) is 14.0. The van der Waals surface area contributed by atoms with Gasteiger partial charge in [-0.15, -0.1) is 0 Å². The van der Waals surface area contributed by atoms with Crippen LogP contribution in [0.5, 0.6) is 0 Å². The summed E-state index contributed by atoms with van der Waals surface area (Å²) in [6, 6.07) is 1.58. The highest BCUT2D eigenvalue weighted by atomic mass is 15.3. The summed E-state index contributed by atoms with van der Waals surface area (Å²) in [7, 11) is 0. The molecule has 2 heterocycles. The fourth-order valence-corrected chi connectivity index (χ4v) is 4.96. The van der Waals surface area contributed by atoms with Gasteiger partial charge < -0.3 is 5.73 Å². The SMILES string of the molecule is CC1CN2CCCCC2CN1CCC1(CN)CCCCC1. The molecule has 0 aromatic carbocycles. The van der Waals surface area contributed by atoms with E-state index in [1.54, 1.807) is 0 Å². The van der Waals surface area contributed by atoms with Gasteiger partial charge in [0.1, 0.15) is 0 Å². The van der Waals surface area contributed by atoms with E-state index in [-0.39, 0.29) is 0 Å². The first-order valence-corrected chi connectivity index (χ1v) is 9.41. The van der Waals surface area contributed by atoms with Crippen LogP contribution in [0.25, 0.3) is 0 Å². The van der Waals surface area contributed by atoms with E-state index in [2.05, 4.69) is 16.7 Å². The minimum Gasteiger partial charge on any atom is -0.330 e. The van der Waals surface area contributed by atoms with Crippen molar-refractivity contribution in [3.63, 3.8) is 0 Å². The van der Waals surface area contributed by atoms with Gasteiger partial charge in [-0.3, -0.25) is 9.80 Å². The van der Waals surface area contributed by atoms with E-state index in [9.17, 15) is 0 Å². The molecule has 0 radical (unpaired) electrons. The number of hydrogen-bond acceptors (Lipinski definition) is 3. The summed E-state index contributed by atoms with van der Waals surface area (Å²) >= 11 is 0. The van der Waals surface area contributed by atoms with Gasteiger partial charge in [0, 0.05) is 25.2 Å². The van der Waals surface area contributed by atoms with Crippen LogP contribution >= 0.6 is 0 Å². The average molecular weight is 293 g/mol. The summed E-state index contributed by atoms with van der Waals surface area (Å²) in [5.74, 6) is 0.